The minimum Gasteiger partial charge on any atom is -0.379 e. The molecule has 1 amide bonds. The Hall–Kier alpha value is -3.69. The van der Waals surface area contributed by atoms with Crippen molar-refractivity contribution in [1.29, 1.82) is 0 Å². The summed E-state index contributed by atoms with van der Waals surface area (Å²) in [6, 6.07) is 12.5. The summed E-state index contributed by atoms with van der Waals surface area (Å²) < 4.78 is 0. The first-order valence-corrected chi connectivity index (χ1v) is 8.20. The van der Waals surface area contributed by atoms with Crippen molar-refractivity contribution >= 4 is 28.7 Å². The van der Waals surface area contributed by atoms with E-state index in [0.29, 0.717) is 17.9 Å². The van der Waals surface area contributed by atoms with E-state index in [4.69, 9.17) is 0 Å². The van der Waals surface area contributed by atoms with Crippen LogP contribution in [0.25, 0.3) is 0 Å². The Bertz CT molecular complexity index is 827. The fourth-order valence-corrected chi connectivity index (χ4v) is 2.36. The summed E-state index contributed by atoms with van der Waals surface area (Å²) in [4.78, 5) is 32.7. The lowest BCUT2D eigenvalue weighted by atomic mass is 10.2. The van der Waals surface area contributed by atoms with Gasteiger partial charge in [-0.2, -0.15) is 0 Å². The molecule has 2 aromatic carbocycles. The Morgan fingerprint density at radius 1 is 0.778 bits per heavy atom. The van der Waals surface area contributed by atoms with Crippen molar-refractivity contribution in [2.45, 2.75) is 6.42 Å². The summed E-state index contributed by atoms with van der Waals surface area (Å²) in [5.41, 5.74) is 0.659. The number of nitrogens with zero attached hydrogens (tertiary/aromatic N) is 2. The molecule has 0 heterocycles. The molecular weight excluding hydrogens is 354 g/mol. The third-order valence-electron chi connectivity index (χ3n) is 3.63. The van der Waals surface area contributed by atoms with Crippen LogP contribution in [0, 0.1) is 20.2 Å². The molecule has 0 fully saturated rings. The van der Waals surface area contributed by atoms with Gasteiger partial charge in [-0.1, -0.05) is 24.3 Å². The molecule has 10 heteroatoms. The average molecular weight is 373 g/mol. The number of anilines is 2. The highest BCUT2D eigenvalue weighted by Gasteiger charge is 2.13. The molecule has 0 saturated heterocycles. The Kier molecular flexibility index (Phi) is 7.06. The molecule has 0 bridgehead atoms. The summed E-state index contributed by atoms with van der Waals surface area (Å²) in [6.07, 6.45) is 0.136. The summed E-state index contributed by atoms with van der Waals surface area (Å²) >= 11 is 0. The number of benzene rings is 2. The summed E-state index contributed by atoms with van der Waals surface area (Å²) in [7, 11) is 0. The maximum absolute atomic E-state index is 11.8. The largest absolute Gasteiger partial charge is 0.379 e. The average Bonchev–Trinajstić information content (AvgIpc) is 2.65. The van der Waals surface area contributed by atoms with Crippen LogP contribution in [0.3, 0.4) is 0 Å². The SMILES string of the molecule is O=C(CCNc1ccccc1[N+](=O)[O-])NCCNc1ccccc1[N+](=O)[O-]. The number of hydrogen-bond donors (Lipinski definition) is 3. The fourth-order valence-electron chi connectivity index (χ4n) is 2.36. The molecule has 0 aliphatic carbocycles. The molecule has 2 aromatic rings. The molecule has 2 rings (SSSR count). The van der Waals surface area contributed by atoms with Gasteiger partial charge in [0.1, 0.15) is 11.4 Å². The number of nitro benzene ring substituents is 2. The van der Waals surface area contributed by atoms with Crippen LogP contribution < -0.4 is 16.0 Å². The number of nitrogens with one attached hydrogen (secondary N) is 3. The van der Waals surface area contributed by atoms with Gasteiger partial charge >= 0.3 is 0 Å². The molecule has 0 spiro atoms. The Balaban J connectivity index is 1.70. The van der Waals surface area contributed by atoms with Gasteiger partial charge in [-0.3, -0.25) is 25.0 Å². The maximum atomic E-state index is 11.8. The van der Waals surface area contributed by atoms with Crippen molar-refractivity contribution in [3.63, 3.8) is 0 Å². The topological polar surface area (TPSA) is 139 Å². The van der Waals surface area contributed by atoms with Gasteiger partial charge in [-0.05, 0) is 12.1 Å². The molecule has 0 aliphatic heterocycles. The highest BCUT2D eigenvalue weighted by atomic mass is 16.6. The number of carbonyl (C=O) groups is 1. The zero-order valence-corrected chi connectivity index (χ0v) is 14.4. The van der Waals surface area contributed by atoms with Gasteiger partial charge in [0.2, 0.25) is 5.91 Å². The normalized spacial score (nSPS) is 10.1. The van der Waals surface area contributed by atoms with Gasteiger partial charge in [-0.15, -0.1) is 0 Å². The molecule has 0 atom stereocenters. The number of hydrogen-bond acceptors (Lipinski definition) is 7. The molecule has 10 nitrogen and oxygen atoms in total. The van der Waals surface area contributed by atoms with Gasteiger partial charge in [0, 0.05) is 38.2 Å². The van der Waals surface area contributed by atoms with Crippen LogP contribution in [-0.4, -0.2) is 35.4 Å². The van der Waals surface area contributed by atoms with E-state index in [0.717, 1.165) is 0 Å². The standard InChI is InChI=1S/C17H19N5O5/c23-17(9-10-18-13-5-1-3-7-15(13)21(24)25)20-12-11-19-14-6-2-4-8-16(14)22(26)27/h1-8,18-19H,9-12H2,(H,20,23). The second-order valence-corrected chi connectivity index (χ2v) is 5.50. The minimum absolute atomic E-state index is 0.0301. The lowest BCUT2D eigenvalue weighted by molar-refractivity contribution is -0.384. The van der Waals surface area contributed by atoms with Crippen LogP contribution in [0.1, 0.15) is 6.42 Å². The van der Waals surface area contributed by atoms with Gasteiger partial charge in [0.25, 0.3) is 11.4 Å². The number of rotatable bonds is 10. The first kappa shape index (κ1) is 19.6. The van der Waals surface area contributed by atoms with E-state index in [9.17, 15) is 25.0 Å². The van der Waals surface area contributed by atoms with Crippen molar-refractivity contribution in [2.24, 2.45) is 0 Å². The quantitative estimate of drug-likeness (QED) is 0.330. The van der Waals surface area contributed by atoms with Crippen LogP contribution in [0.15, 0.2) is 48.5 Å². The van der Waals surface area contributed by atoms with E-state index in [1.807, 2.05) is 0 Å². The van der Waals surface area contributed by atoms with Crippen LogP contribution in [0.4, 0.5) is 22.7 Å². The van der Waals surface area contributed by atoms with Crippen LogP contribution in [-0.2, 0) is 4.79 Å². The molecular formula is C17H19N5O5. The van der Waals surface area contributed by atoms with E-state index in [1.54, 1.807) is 36.4 Å². The van der Waals surface area contributed by atoms with Gasteiger partial charge in [-0.25, -0.2) is 0 Å². The predicted octanol–water partition coefficient (Wildman–Crippen LogP) is 2.53. The molecule has 0 unspecified atom stereocenters. The predicted molar refractivity (Wildman–Crippen MR) is 101 cm³/mol. The lowest BCUT2D eigenvalue weighted by Gasteiger charge is -2.09. The second kappa shape index (κ2) is 9.70. The molecule has 27 heavy (non-hydrogen) atoms. The molecule has 0 radical (unpaired) electrons. The fraction of sp³-hybridized carbons (Fsp3) is 0.235. The summed E-state index contributed by atoms with van der Waals surface area (Å²) in [5, 5.41) is 30.3. The van der Waals surface area contributed by atoms with Crippen molar-refractivity contribution in [2.75, 3.05) is 30.3 Å². The monoisotopic (exact) mass is 373 g/mol. The lowest BCUT2D eigenvalue weighted by Crippen LogP contribution is -2.30. The van der Waals surface area contributed by atoms with E-state index >= 15 is 0 Å². The van der Waals surface area contributed by atoms with E-state index in [-0.39, 0.29) is 36.8 Å². The summed E-state index contributed by atoms with van der Waals surface area (Å²) in [6.45, 7) is 0.860. The number of nitro groups is 2. The Morgan fingerprint density at radius 2 is 1.26 bits per heavy atom. The zero-order valence-electron chi connectivity index (χ0n) is 14.4. The third-order valence-corrected chi connectivity index (χ3v) is 3.63. The Labute approximate surface area is 154 Å². The first-order chi connectivity index (χ1) is 13.0. The van der Waals surface area contributed by atoms with Crippen LogP contribution in [0.5, 0.6) is 0 Å². The van der Waals surface area contributed by atoms with E-state index in [1.165, 1.54) is 12.1 Å². The zero-order chi connectivity index (χ0) is 19.6. The van der Waals surface area contributed by atoms with Crippen molar-refractivity contribution in [1.82, 2.24) is 5.32 Å². The van der Waals surface area contributed by atoms with Crippen LogP contribution in [0.2, 0.25) is 0 Å². The van der Waals surface area contributed by atoms with Crippen molar-refractivity contribution in [3.05, 3.63) is 68.8 Å². The van der Waals surface area contributed by atoms with Gasteiger partial charge < -0.3 is 16.0 Å². The molecule has 0 saturated carbocycles. The van der Waals surface area contributed by atoms with Gasteiger partial charge in [0.15, 0.2) is 0 Å². The summed E-state index contributed by atoms with van der Waals surface area (Å²) in [5.74, 6) is -0.231. The number of amides is 1. The first-order valence-electron chi connectivity index (χ1n) is 8.20. The third kappa shape index (κ3) is 5.96. The van der Waals surface area contributed by atoms with E-state index in [2.05, 4.69) is 16.0 Å². The highest BCUT2D eigenvalue weighted by molar-refractivity contribution is 5.76. The maximum Gasteiger partial charge on any atom is 0.292 e. The minimum atomic E-state index is -0.489. The number of carbonyl (C=O) groups excluding carboxylic acids is 1. The second-order valence-electron chi connectivity index (χ2n) is 5.50. The van der Waals surface area contributed by atoms with Crippen molar-refractivity contribution < 1.29 is 14.6 Å². The van der Waals surface area contributed by atoms with Crippen LogP contribution >= 0.6 is 0 Å². The smallest absolute Gasteiger partial charge is 0.292 e. The number of para-hydroxylation sites is 4. The van der Waals surface area contributed by atoms with Gasteiger partial charge in [0.05, 0.1) is 9.85 Å². The Morgan fingerprint density at radius 3 is 1.78 bits per heavy atom. The highest BCUT2D eigenvalue weighted by Crippen LogP contribution is 2.23. The molecule has 3 N–H and O–H groups in total. The van der Waals surface area contributed by atoms with E-state index < -0.39 is 9.85 Å². The molecule has 142 valence electrons. The molecule has 0 aromatic heterocycles. The van der Waals surface area contributed by atoms with Crippen molar-refractivity contribution in [3.8, 4) is 0 Å². The molecule has 0 aliphatic rings.